The summed E-state index contributed by atoms with van der Waals surface area (Å²) >= 11 is 0. The van der Waals surface area contributed by atoms with Crippen LogP contribution < -0.4 is 49.9 Å². The van der Waals surface area contributed by atoms with E-state index in [1.54, 1.807) is 61.1 Å². The molecule has 0 radical (unpaired) electrons. The molecular formula is C87H100N10O16. The molecule has 5 N–H and O–H groups in total. The Balaban J connectivity index is 0.588. The number of nitrogens with two attached hydrogens (primary N) is 1. The van der Waals surface area contributed by atoms with Crippen molar-refractivity contribution in [2.75, 3.05) is 64.0 Å². The van der Waals surface area contributed by atoms with Gasteiger partial charge in [-0.3, -0.25) is 38.4 Å². The van der Waals surface area contributed by atoms with Crippen LogP contribution in [0.2, 0.25) is 0 Å². The number of unbranched alkanes of at least 4 members (excludes halogenated alkanes) is 1. The van der Waals surface area contributed by atoms with Crippen LogP contribution in [0.15, 0.2) is 128 Å². The Morgan fingerprint density at radius 3 is 2.09 bits per heavy atom. The van der Waals surface area contributed by atoms with Gasteiger partial charge in [0.2, 0.25) is 17.7 Å². The van der Waals surface area contributed by atoms with Crippen LogP contribution in [0.5, 0.6) is 28.7 Å². The summed E-state index contributed by atoms with van der Waals surface area (Å²) in [4.78, 5) is 132. The first-order valence-electron chi connectivity index (χ1n) is 39.2. The fraction of sp³-hybridized carbons (Fsp3) is 0.437. The Bertz CT molecular complexity index is 4780. The van der Waals surface area contributed by atoms with Crippen LogP contribution in [0, 0.1) is 17.3 Å². The Morgan fingerprint density at radius 2 is 1.39 bits per heavy atom. The van der Waals surface area contributed by atoms with E-state index in [1.165, 1.54) is 26.4 Å². The van der Waals surface area contributed by atoms with E-state index >= 15 is 0 Å². The molecule has 5 atom stereocenters. The second-order valence-corrected chi connectivity index (χ2v) is 31.0. The summed E-state index contributed by atoms with van der Waals surface area (Å²) < 4.78 is 37.4. The van der Waals surface area contributed by atoms with E-state index in [2.05, 4.69) is 20.9 Å². The number of rotatable bonds is 33. The number of aliphatic hydroxyl groups is 1. The molecule has 2 fully saturated rings. The molecule has 1 saturated heterocycles. The van der Waals surface area contributed by atoms with Crippen LogP contribution in [0.3, 0.4) is 0 Å². The maximum absolute atomic E-state index is 14.6. The highest BCUT2D eigenvalue weighted by Gasteiger charge is 2.58. The number of benzene rings is 6. The fourth-order valence-corrected chi connectivity index (χ4v) is 16.0. The van der Waals surface area contributed by atoms with Crippen molar-refractivity contribution in [2.45, 2.75) is 174 Å². The van der Waals surface area contributed by atoms with Crippen molar-refractivity contribution in [1.29, 1.82) is 0 Å². The molecule has 5 aliphatic heterocycles. The van der Waals surface area contributed by atoms with Gasteiger partial charge in [-0.1, -0.05) is 97.9 Å². The number of carbonyl (C=O) groups is 9. The summed E-state index contributed by atoms with van der Waals surface area (Å²) in [5.41, 5.74) is 15.3. The number of para-hydroxylation sites is 1. The largest absolute Gasteiger partial charge is 0.497 e. The number of aliphatic hydroxyl groups excluding tert-OH is 1. The third-order valence-corrected chi connectivity index (χ3v) is 22.6. The average molecular weight is 1540 g/mol. The van der Waals surface area contributed by atoms with Gasteiger partial charge in [0.25, 0.3) is 11.8 Å². The maximum atomic E-state index is 14.6. The van der Waals surface area contributed by atoms with Gasteiger partial charge in [-0.05, 0) is 159 Å². The summed E-state index contributed by atoms with van der Waals surface area (Å²) in [6.07, 6.45) is 4.92. The van der Waals surface area contributed by atoms with Gasteiger partial charge in [0.1, 0.15) is 23.8 Å². The zero-order valence-corrected chi connectivity index (χ0v) is 65.2. The van der Waals surface area contributed by atoms with Gasteiger partial charge in [0.05, 0.1) is 82.3 Å². The van der Waals surface area contributed by atoms with E-state index in [9.17, 15) is 48.3 Å². The van der Waals surface area contributed by atoms with Crippen LogP contribution >= 0.6 is 0 Å². The molecule has 6 aromatic carbocycles. The molecule has 1 aliphatic carbocycles. The number of aryl methyl sites for hydroxylation is 1. The minimum Gasteiger partial charge on any atom is -0.497 e. The van der Waals surface area contributed by atoms with Crippen molar-refractivity contribution < 1.29 is 76.7 Å². The molecule has 1 spiro atoms. The van der Waals surface area contributed by atoms with Crippen LogP contribution in [0.4, 0.5) is 16.2 Å². The van der Waals surface area contributed by atoms with E-state index in [-0.39, 0.29) is 147 Å². The van der Waals surface area contributed by atoms with Gasteiger partial charge >= 0.3 is 6.09 Å². The smallest absolute Gasteiger partial charge is 0.416 e. The van der Waals surface area contributed by atoms with E-state index in [1.807, 2.05) is 108 Å². The summed E-state index contributed by atoms with van der Waals surface area (Å²) in [6, 6.07) is 35.1. The van der Waals surface area contributed by atoms with Crippen molar-refractivity contribution in [3.8, 4) is 51.3 Å². The van der Waals surface area contributed by atoms with E-state index in [0.29, 0.717) is 91.2 Å². The first-order chi connectivity index (χ1) is 54.6. The number of nitrogens with zero attached hydrogens (tertiary/aromatic N) is 7. The van der Waals surface area contributed by atoms with Crippen molar-refractivity contribution in [3.05, 3.63) is 166 Å². The number of anilines is 2. The van der Waals surface area contributed by atoms with Crippen LogP contribution in [0.1, 0.15) is 172 Å². The summed E-state index contributed by atoms with van der Waals surface area (Å²) in [7, 11) is 4.62. The second-order valence-electron chi connectivity index (χ2n) is 31.0. The lowest BCUT2D eigenvalue weighted by Gasteiger charge is -2.31. The summed E-state index contributed by atoms with van der Waals surface area (Å²) in [5, 5.41) is 26.9. The standard InChI is InChI=1S/C87H100N10O16/c1-52(2)66(42-62(99)47-89-78(101)32-28-61(98)29-33-79(102)94-48-58-15-8-9-16-64(58)81-80(91-92-97(81)53(3)4)65-17-10-11-19-70(65)94)82(103)90-69(18-12-13-36-88)73(100)39-54-20-22-55(23-21-54)50-113-86(107)96-71-45-77(75(110-7)44-68(71)84(105)95-51-87(34-35-87)46-72(95)85(96)106)112-38-14-37-111-76-41-57-24-27-60-40-59(56-25-30-63(108-5)31-26-56)49-93(60)83(104)67(57)43-74(76)109-6/h8-11,15-17,19-23,25-26,30-31,41,43-45,49,52-53,60,66,69,72,85,106H,12-14,18,24,27-29,32-40,42,46-48,50-51,88H2,1-7H3,(H,89,101)(H,90,103)/t60-,66+,69+,72+,85?/m1/s1. The van der Waals surface area contributed by atoms with Crippen molar-refractivity contribution >= 4 is 69.9 Å². The lowest BCUT2D eigenvalue weighted by atomic mass is 9.89. The number of Topliss-reactive ketones (excluding diaryl/α,β-unsaturated/α-hetero) is 3. The van der Waals surface area contributed by atoms with E-state index in [4.69, 9.17) is 34.2 Å². The molecule has 7 aromatic rings. The van der Waals surface area contributed by atoms with Crippen LogP contribution in [0.25, 0.3) is 28.1 Å². The monoisotopic (exact) mass is 1540 g/mol. The number of aromatic nitrogens is 3. The zero-order valence-electron chi connectivity index (χ0n) is 65.2. The minimum atomic E-state index is -1.49. The number of fused-ring (bicyclic) bond motifs is 9. The molecule has 6 aliphatic rings. The van der Waals surface area contributed by atoms with Gasteiger partial charge in [-0.2, -0.15) is 0 Å². The van der Waals surface area contributed by atoms with Gasteiger partial charge < -0.3 is 64.6 Å². The van der Waals surface area contributed by atoms with Gasteiger partial charge in [0, 0.05) is 98.4 Å². The average Bonchev–Trinajstić information content (AvgIpc) is 1.57. The summed E-state index contributed by atoms with van der Waals surface area (Å²) in [6.45, 7) is 8.40. The number of hydrogen-bond acceptors (Lipinski definition) is 19. The second kappa shape index (κ2) is 35.2. The fourth-order valence-electron chi connectivity index (χ4n) is 16.0. The molecule has 1 aromatic heterocycles. The lowest BCUT2D eigenvalue weighted by Crippen LogP contribution is -2.50. The van der Waals surface area contributed by atoms with Gasteiger partial charge in [-0.15, -0.1) is 5.10 Å². The Kier molecular flexibility index (Phi) is 24.9. The van der Waals surface area contributed by atoms with Gasteiger partial charge in [0.15, 0.2) is 40.8 Å². The molecular weight excluding hydrogens is 1440 g/mol. The number of amides is 6. The molecule has 6 heterocycles. The zero-order chi connectivity index (χ0) is 79.8. The van der Waals surface area contributed by atoms with Crippen LogP contribution in [-0.2, 0) is 59.5 Å². The number of nitrogens with one attached hydrogen (secondary N) is 2. The first-order valence-corrected chi connectivity index (χ1v) is 39.2. The molecule has 0 bridgehead atoms. The first kappa shape index (κ1) is 79.8. The van der Waals surface area contributed by atoms with Crippen molar-refractivity contribution in [1.82, 2.24) is 35.4 Å². The molecule has 1 saturated carbocycles. The van der Waals surface area contributed by atoms with Crippen molar-refractivity contribution in [3.63, 3.8) is 0 Å². The molecule has 113 heavy (non-hydrogen) atoms. The number of ether oxygens (including phenoxy) is 6. The molecule has 594 valence electrons. The molecule has 6 amide bonds. The molecule has 26 heteroatoms. The summed E-state index contributed by atoms with van der Waals surface area (Å²) in [5.74, 6) is -1.83. The Morgan fingerprint density at radius 1 is 0.699 bits per heavy atom. The third-order valence-electron chi connectivity index (χ3n) is 22.6. The van der Waals surface area contributed by atoms with Crippen LogP contribution in [-0.4, -0.2) is 161 Å². The van der Waals surface area contributed by atoms with E-state index in [0.717, 1.165) is 75.4 Å². The number of methoxy groups -OCH3 is 3. The maximum Gasteiger partial charge on any atom is 0.416 e. The quantitative estimate of drug-likeness (QED) is 0.0278. The normalized spacial score (nSPS) is 17.5. The van der Waals surface area contributed by atoms with Crippen molar-refractivity contribution in [2.24, 2.45) is 23.0 Å². The predicted octanol–water partition coefficient (Wildman–Crippen LogP) is 11.5. The predicted molar refractivity (Wildman–Crippen MR) is 422 cm³/mol. The Hall–Kier alpha value is -11.3. The molecule has 13 rings (SSSR count). The minimum absolute atomic E-state index is 0.00270. The SMILES string of the molecule is COc1ccc(C2=CN3C(=O)c4cc(OC)c(OCCCOc5cc6c(cc5OC)C(=O)N5CC7(CC7)C[C@H]5C(O)N6C(=O)OCc5ccc(CC(=O)[C@H](CCCCN)NC(=O)[C@@H](CC(=O)CNC(=O)CCC(=O)CCC(=O)N6Cc7ccccc7-c7c(nnn7C(C)C)-c7ccccc76)C(C)C)cc5)cc4CC[C@@H]3C2)cc1. The highest BCUT2D eigenvalue weighted by molar-refractivity contribution is 6.07. The van der Waals surface area contributed by atoms with Gasteiger partial charge in [-0.25, -0.2) is 14.4 Å². The van der Waals surface area contributed by atoms with E-state index < -0.39 is 47.9 Å². The third kappa shape index (κ3) is 17.8. The molecule has 26 nitrogen and oxygen atoms in total. The lowest BCUT2D eigenvalue weighted by molar-refractivity contribution is -0.133. The Labute approximate surface area is 657 Å². The molecule has 1 unspecified atom stereocenters. The number of carbonyl (C=O) groups excluding carboxylic acids is 9. The highest BCUT2D eigenvalue weighted by atomic mass is 16.6. The highest BCUT2D eigenvalue weighted by Crippen LogP contribution is 2.57. The number of hydrogen-bond donors (Lipinski definition) is 4. The number of ketones is 3. The topological polar surface area (TPSA) is 323 Å².